The third-order valence-electron chi connectivity index (χ3n) is 4.81. The average molecular weight is 399 g/mol. The van der Waals surface area contributed by atoms with Crippen LogP contribution in [-0.2, 0) is 16.1 Å². The summed E-state index contributed by atoms with van der Waals surface area (Å²) in [6, 6.07) is 14.5. The molecule has 2 aromatic rings. The lowest BCUT2D eigenvalue weighted by atomic mass is 10.0. The fourth-order valence-electron chi connectivity index (χ4n) is 2.94. The summed E-state index contributed by atoms with van der Waals surface area (Å²) in [7, 11) is 3.15. The Morgan fingerprint density at radius 3 is 2.31 bits per heavy atom. The van der Waals surface area contributed by atoms with Gasteiger partial charge in [-0.1, -0.05) is 38.1 Å². The van der Waals surface area contributed by atoms with E-state index in [1.54, 1.807) is 21.1 Å². The highest BCUT2D eigenvalue weighted by molar-refractivity contribution is 5.87. The molecule has 1 N–H and O–H groups in total. The Labute approximate surface area is 172 Å². The number of rotatable bonds is 9. The average Bonchev–Trinajstić information content (AvgIpc) is 2.75. The van der Waals surface area contributed by atoms with Gasteiger partial charge in [-0.25, -0.2) is 0 Å². The maximum absolute atomic E-state index is 12.9. The number of hydrogen-bond acceptors (Lipinski definition) is 4. The molecule has 6 nitrogen and oxygen atoms in total. The molecule has 0 aliphatic heterocycles. The van der Waals surface area contributed by atoms with Gasteiger partial charge in [0.2, 0.25) is 5.91 Å². The summed E-state index contributed by atoms with van der Waals surface area (Å²) >= 11 is 0. The maximum atomic E-state index is 12.9. The summed E-state index contributed by atoms with van der Waals surface area (Å²) in [5, 5.41) is 2.60. The number of methoxy groups -OCH3 is 1. The van der Waals surface area contributed by atoms with Crippen LogP contribution in [0.4, 0.5) is 0 Å². The van der Waals surface area contributed by atoms with Crippen molar-refractivity contribution in [2.24, 2.45) is 0 Å². The maximum Gasteiger partial charge on any atom is 0.261 e. The Balaban J connectivity index is 2.12. The second-order valence-corrected chi connectivity index (χ2v) is 7.18. The summed E-state index contributed by atoms with van der Waals surface area (Å²) in [5.41, 5.74) is 2.08. The molecule has 1 atom stereocenters. The summed E-state index contributed by atoms with van der Waals surface area (Å²) in [5.74, 6) is 1.25. The topological polar surface area (TPSA) is 67.9 Å². The van der Waals surface area contributed by atoms with Crippen LogP contribution < -0.4 is 14.8 Å². The van der Waals surface area contributed by atoms with Crippen LogP contribution in [0.3, 0.4) is 0 Å². The van der Waals surface area contributed by atoms with Crippen molar-refractivity contribution in [1.29, 1.82) is 0 Å². The third-order valence-corrected chi connectivity index (χ3v) is 4.81. The van der Waals surface area contributed by atoms with Gasteiger partial charge < -0.3 is 19.7 Å². The van der Waals surface area contributed by atoms with E-state index in [0.717, 1.165) is 5.56 Å². The van der Waals surface area contributed by atoms with E-state index in [2.05, 4.69) is 19.2 Å². The van der Waals surface area contributed by atoms with Crippen LogP contribution in [0.15, 0.2) is 48.5 Å². The van der Waals surface area contributed by atoms with Gasteiger partial charge in [0, 0.05) is 13.6 Å². The molecule has 2 amide bonds. The predicted octanol–water partition coefficient (Wildman–Crippen LogP) is 3.36. The molecule has 0 heterocycles. The van der Waals surface area contributed by atoms with E-state index in [4.69, 9.17) is 9.47 Å². The third kappa shape index (κ3) is 6.24. The Bertz CT molecular complexity index is 818. The first kappa shape index (κ1) is 22.3. The number of benzene rings is 2. The fourth-order valence-corrected chi connectivity index (χ4v) is 2.94. The van der Waals surface area contributed by atoms with Gasteiger partial charge in [-0.05, 0) is 48.2 Å². The standard InChI is InChI=1S/C23H30N2O4/c1-16(2)19-9-11-20(12-10-19)29-15-22(26)25(17(3)23(27)24-4)14-18-7-6-8-21(13-18)28-5/h6-13,16-17H,14-15H2,1-5H3,(H,24,27). The van der Waals surface area contributed by atoms with Crippen LogP contribution in [0.5, 0.6) is 11.5 Å². The number of ether oxygens (including phenoxy) is 2. The Morgan fingerprint density at radius 1 is 1.03 bits per heavy atom. The number of hydrogen-bond donors (Lipinski definition) is 1. The number of carbonyl (C=O) groups is 2. The van der Waals surface area contributed by atoms with Crippen molar-refractivity contribution in [3.63, 3.8) is 0 Å². The summed E-state index contributed by atoms with van der Waals surface area (Å²) < 4.78 is 10.9. The molecule has 0 aliphatic carbocycles. The number of amides is 2. The molecule has 6 heteroatoms. The molecule has 0 saturated heterocycles. The van der Waals surface area contributed by atoms with Gasteiger partial charge in [-0.15, -0.1) is 0 Å². The number of carbonyl (C=O) groups excluding carboxylic acids is 2. The minimum Gasteiger partial charge on any atom is -0.497 e. The molecule has 0 aromatic heterocycles. The van der Waals surface area contributed by atoms with Crippen LogP contribution in [0, 0.1) is 0 Å². The van der Waals surface area contributed by atoms with Gasteiger partial charge in [0.15, 0.2) is 6.61 Å². The van der Waals surface area contributed by atoms with Gasteiger partial charge >= 0.3 is 0 Å². The van der Waals surface area contributed by atoms with Gasteiger partial charge in [0.1, 0.15) is 17.5 Å². The van der Waals surface area contributed by atoms with Crippen LogP contribution in [0.2, 0.25) is 0 Å². The summed E-state index contributed by atoms with van der Waals surface area (Å²) in [6.45, 7) is 6.08. The monoisotopic (exact) mass is 398 g/mol. The first-order chi connectivity index (χ1) is 13.8. The predicted molar refractivity (Wildman–Crippen MR) is 113 cm³/mol. The lowest BCUT2D eigenvalue weighted by Crippen LogP contribution is -2.48. The number of likely N-dealkylation sites (N-methyl/N-ethyl adjacent to an activating group) is 1. The Hall–Kier alpha value is -3.02. The van der Waals surface area contributed by atoms with E-state index in [1.807, 2.05) is 48.5 Å². The molecule has 0 bridgehead atoms. The van der Waals surface area contributed by atoms with Gasteiger partial charge in [-0.3, -0.25) is 9.59 Å². The minimum absolute atomic E-state index is 0.146. The molecule has 2 rings (SSSR count). The summed E-state index contributed by atoms with van der Waals surface area (Å²) in [6.07, 6.45) is 0. The summed E-state index contributed by atoms with van der Waals surface area (Å²) in [4.78, 5) is 26.6. The van der Waals surface area contributed by atoms with E-state index in [1.165, 1.54) is 10.5 Å². The molecule has 2 aromatic carbocycles. The zero-order valence-electron chi connectivity index (χ0n) is 17.8. The number of nitrogens with one attached hydrogen (secondary N) is 1. The van der Waals surface area contributed by atoms with Crippen LogP contribution >= 0.6 is 0 Å². The Kier molecular flexibility index (Phi) is 8.07. The van der Waals surface area contributed by atoms with Gasteiger partial charge in [0.25, 0.3) is 5.91 Å². The zero-order chi connectivity index (χ0) is 21.4. The van der Waals surface area contributed by atoms with E-state index >= 15 is 0 Å². The second-order valence-electron chi connectivity index (χ2n) is 7.18. The second kappa shape index (κ2) is 10.5. The molecule has 0 radical (unpaired) electrons. The molecule has 0 saturated carbocycles. The molecule has 0 spiro atoms. The first-order valence-corrected chi connectivity index (χ1v) is 9.72. The zero-order valence-corrected chi connectivity index (χ0v) is 17.8. The smallest absolute Gasteiger partial charge is 0.261 e. The van der Waals surface area contributed by atoms with Crippen molar-refractivity contribution < 1.29 is 19.1 Å². The molecule has 156 valence electrons. The van der Waals surface area contributed by atoms with Crippen LogP contribution in [0.1, 0.15) is 37.8 Å². The van der Waals surface area contributed by atoms with Crippen molar-refractivity contribution in [1.82, 2.24) is 10.2 Å². The number of nitrogens with zero attached hydrogens (tertiary/aromatic N) is 1. The van der Waals surface area contributed by atoms with E-state index < -0.39 is 6.04 Å². The van der Waals surface area contributed by atoms with E-state index in [-0.39, 0.29) is 25.0 Å². The molecule has 29 heavy (non-hydrogen) atoms. The fraction of sp³-hybridized carbons (Fsp3) is 0.391. The Morgan fingerprint density at radius 2 is 1.72 bits per heavy atom. The van der Waals surface area contributed by atoms with Crippen molar-refractivity contribution in [2.75, 3.05) is 20.8 Å². The van der Waals surface area contributed by atoms with E-state index in [0.29, 0.717) is 17.4 Å². The van der Waals surface area contributed by atoms with E-state index in [9.17, 15) is 9.59 Å². The normalized spacial score (nSPS) is 11.7. The van der Waals surface area contributed by atoms with Gasteiger partial charge in [0.05, 0.1) is 7.11 Å². The highest BCUT2D eigenvalue weighted by atomic mass is 16.5. The van der Waals surface area contributed by atoms with Crippen molar-refractivity contribution in [3.05, 3.63) is 59.7 Å². The van der Waals surface area contributed by atoms with Crippen molar-refractivity contribution in [2.45, 2.75) is 39.3 Å². The molecular weight excluding hydrogens is 368 g/mol. The molecule has 0 aliphatic rings. The van der Waals surface area contributed by atoms with Crippen molar-refractivity contribution in [3.8, 4) is 11.5 Å². The SMILES string of the molecule is CNC(=O)C(C)N(Cc1cccc(OC)c1)C(=O)COc1ccc(C(C)C)cc1. The van der Waals surface area contributed by atoms with Crippen LogP contribution in [-0.4, -0.2) is 43.5 Å². The lowest BCUT2D eigenvalue weighted by molar-refractivity contribution is -0.142. The lowest BCUT2D eigenvalue weighted by Gasteiger charge is -2.28. The molecule has 0 fully saturated rings. The highest BCUT2D eigenvalue weighted by Crippen LogP contribution is 2.19. The minimum atomic E-state index is -0.634. The molecular formula is C23H30N2O4. The van der Waals surface area contributed by atoms with Crippen LogP contribution in [0.25, 0.3) is 0 Å². The van der Waals surface area contributed by atoms with Gasteiger partial charge in [-0.2, -0.15) is 0 Å². The highest BCUT2D eigenvalue weighted by Gasteiger charge is 2.26. The largest absolute Gasteiger partial charge is 0.497 e. The first-order valence-electron chi connectivity index (χ1n) is 9.72. The quantitative estimate of drug-likeness (QED) is 0.703. The van der Waals surface area contributed by atoms with Crippen molar-refractivity contribution >= 4 is 11.8 Å². The molecule has 1 unspecified atom stereocenters.